The number of rotatable bonds is 5. The van der Waals surface area contributed by atoms with Gasteiger partial charge in [-0.3, -0.25) is 0 Å². The maximum absolute atomic E-state index is 10.7. The van der Waals surface area contributed by atoms with Gasteiger partial charge in [0.05, 0.1) is 5.71 Å². The lowest BCUT2D eigenvalue weighted by molar-refractivity contribution is 0.0137. The van der Waals surface area contributed by atoms with E-state index in [-0.39, 0.29) is 11.6 Å². The number of hydrogen-bond acceptors (Lipinski definition) is 3. The molecule has 1 amide bonds. The number of nitrogens with zero attached hydrogens (tertiary/aromatic N) is 1. The van der Waals surface area contributed by atoms with Crippen LogP contribution in [0.15, 0.2) is 5.16 Å². The van der Waals surface area contributed by atoms with Gasteiger partial charge in [0, 0.05) is 5.54 Å². The molecule has 0 saturated heterocycles. The molecule has 2 N–H and O–H groups in total. The maximum atomic E-state index is 10.7. The average molecular weight is 256 g/mol. The average Bonchev–Trinajstić information content (AvgIpc) is 2.31. The van der Waals surface area contributed by atoms with Gasteiger partial charge in [-0.05, 0) is 45.4 Å². The molecular weight excluding hydrogens is 232 g/mol. The largest absolute Gasteiger partial charge is 0.465 e. The molecule has 0 spiro atoms. The number of amides is 1. The molecule has 0 aromatic carbocycles. The Kier molecular flexibility index (Phi) is 5.44. The van der Waals surface area contributed by atoms with E-state index in [1.54, 1.807) is 0 Å². The van der Waals surface area contributed by atoms with Crippen LogP contribution in [-0.2, 0) is 4.84 Å². The van der Waals surface area contributed by atoms with Gasteiger partial charge in [0.25, 0.3) is 0 Å². The van der Waals surface area contributed by atoms with Gasteiger partial charge in [-0.1, -0.05) is 19.0 Å². The van der Waals surface area contributed by atoms with E-state index in [0.717, 1.165) is 44.2 Å². The van der Waals surface area contributed by atoms with Crippen molar-refractivity contribution in [1.82, 2.24) is 5.32 Å². The topological polar surface area (TPSA) is 70.9 Å². The summed E-state index contributed by atoms with van der Waals surface area (Å²) in [6.45, 7) is 6.09. The third kappa shape index (κ3) is 4.55. The SMILES string of the molecule is CCC(CC)=NOC1CCC(C)(NC(=O)O)CC1. The molecule has 18 heavy (non-hydrogen) atoms. The van der Waals surface area contributed by atoms with Crippen molar-refractivity contribution in [2.45, 2.75) is 70.9 Å². The summed E-state index contributed by atoms with van der Waals surface area (Å²) in [5.74, 6) is 0. The molecule has 0 heterocycles. The van der Waals surface area contributed by atoms with Crippen LogP contribution in [0.4, 0.5) is 4.79 Å². The van der Waals surface area contributed by atoms with Crippen LogP contribution in [0.5, 0.6) is 0 Å². The minimum Gasteiger partial charge on any atom is -0.465 e. The molecule has 1 aliphatic rings. The first kappa shape index (κ1) is 14.8. The Hall–Kier alpha value is -1.26. The second-order valence-electron chi connectivity index (χ2n) is 5.16. The van der Waals surface area contributed by atoms with Crippen LogP contribution in [0.25, 0.3) is 0 Å². The van der Waals surface area contributed by atoms with Gasteiger partial charge in [-0.15, -0.1) is 0 Å². The quantitative estimate of drug-likeness (QED) is 0.586. The molecule has 5 nitrogen and oxygen atoms in total. The fourth-order valence-electron chi connectivity index (χ4n) is 2.25. The van der Waals surface area contributed by atoms with Crippen molar-refractivity contribution >= 4 is 11.8 Å². The van der Waals surface area contributed by atoms with E-state index in [0.29, 0.717) is 0 Å². The zero-order valence-electron chi connectivity index (χ0n) is 11.5. The first-order chi connectivity index (χ1) is 8.49. The minimum atomic E-state index is -0.950. The zero-order chi connectivity index (χ0) is 13.6. The molecule has 0 unspecified atom stereocenters. The predicted octanol–water partition coefficient (Wildman–Crippen LogP) is 3.15. The van der Waals surface area contributed by atoms with Gasteiger partial charge >= 0.3 is 6.09 Å². The lowest BCUT2D eigenvalue weighted by atomic mass is 9.82. The highest BCUT2D eigenvalue weighted by Crippen LogP contribution is 2.29. The maximum Gasteiger partial charge on any atom is 0.405 e. The van der Waals surface area contributed by atoms with Crippen molar-refractivity contribution in [3.05, 3.63) is 0 Å². The van der Waals surface area contributed by atoms with Crippen molar-refractivity contribution in [2.75, 3.05) is 0 Å². The Morgan fingerprint density at radius 3 is 2.39 bits per heavy atom. The van der Waals surface area contributed by atoms with E-state index in [1.165, 1.54) is 0 Å². The molecule has 1 aliphatic carbocycles. The van der Waals surface area contributed by atoms with Crippen molar-refractivity contribution in [2.24, 2.45) is 5.16 Å². The van der Waals surface area contributed by atoms with Gasteiger partial charge in [0.1, 0.15) is 6.10 Å². The zero-order valence-corrected chi connectivity index (χ0v) is 11.5. The van der Waals surface area contributed by atoms with Crippen LogP contribution >= 0.6 is 0 Å². The Morgan fingerprint density at radius 1 is 1.39 bits per heavy atom. The summed E-state index contributed by atoms with van der Waals surface area (Å²) < 4.78 is 0. The van der Waals surface area contributed by atoms with E-state index in [1.807, 2.05) is 6.92 Å². The third-order valence-corrected chi connectivity index (χ3v) is 3.59. The molecule has 0 radical (unpaired) electrons. The summed E-state index contributed by atoms with van der Waals surface area (Å²) >= 11 is 0. The Balaban J connectivity index is 2.39. The van der Waals surface area contributed by atoms with Crippen molar-refractivity contribution in [1.29, 1.82) is 0 Å². The molecule has 5 heteroatoms. The number of hydrogen-bond donors (Lipinski definition) is 2. The fraction of sp³-hybridized carbons (Fsp3) is 0.846. The molecule has 1 saturated carbocycles. The third-order valence-electron chi connectivity index (χ3n) is 3.59. The summed E-state index contributed by atoms with van der Waals surface area (Å²) in [6.07, 6.45) is 4.31. The second-order valence-corrected chi connectivity index (χ2v) is 5.16. The highest BCUT2D eigenvalue weighted by atomic mass is 16.6. The molecule has 0 aliphatic heterocycles. The highest BCUT2D eigenvalue weighted by molar-refractivity contribution is 5.83. The first-order valence-corrected chi connectivity index (χ1v) is 6.71. The second kappa shape index (κ2) is 6.61. The lowest BCUT2D eigenvalue weighted by Crippen LogP contribution is -2.48. The monoisotopic (exact) mass is 256 g/mol. The molecule has 0 aromatic heterocycles. The number of nitrogens with one attached hydrogen (secondary N) is 1. The Labute approximate surface area is 109 Å². The molecule has 0 atom stereocenters. The van der Waals surface area contributed by atoms with Gasteiger partial charge in [0.2, 0.25) is 0 Å². The van der Waals surface area contributed by atoms with E-state index < -0.39 is 6.09 Å². The van der Waals surface area contributed by atoms with Crippen LogP contribution in [0.1, 0.15) is 59.3 Å². The lowest BCUT2D eigenvalue weighted by Gasteiger charge is -2.36. The Morgan fingerprint density at radius 2 is 1.94 bits per heavy atom. The molecule has 0 bridgehead atoms. The highest BCUT2D eigenvalue weighted by Gasteiger charge is 2.33. The van der Waals surface area contributed by atoms with Crippen molar-refractivity contribution in [3.8, 4) is 0 Å². The van der Waals surface area contributed by atoms with Gasteiger partial charge in [-0.25, -0.2) is 4.79 Å². The first-order valence-electron chi connectivity index (χ1n) is 6.71. The van der Waals surface area contributed by atoms with Crippen molar-refractivity contribution < 1.29 is 14.7 Å². The standard InChI is InChI=1S/C13H24N2O3/c1-4-10(5-2)15-18-11-6-8-13(3,9-7-11)14-12(16)17/h11,14H,4-9H2,1-3H3,(H,16,17). The summed E-state index contributed by atoms with van der Waals surface area (Å²) in [5.41, 5.74) is 0.764. The van der Waals surface area contributed by atoms with E-state index in [2.05, 4.69) is 24.3 Å². The van der Waals surface area contributed by atoms with Gasteiger partial charge < -0.3 is 15.3 Å². The van der Waals surface area contributed by atoms with Crippen LogP contribution in [0.3, 0.4) is 0 Å². The fourth-order valence-corrected chi connectivity index (χ4v) is 2.25. The van der Waals surface area contributed by atoms with E-state index in [4.69, 9.17) is 9.94 Å². The minimum absolute atomic E-state index is 0.127. The summed E-state index contributed by atoms with van der Waals surface area (Å²) in [6, 6.07) is 0. The van der Waals surface area contributed by atoms with Gasteiger partial charge in [0.15, 0.2) is 0 Å². The normalized spacial score (nSPS) is 27.4. The Bertz CT molecular complexity index is 301. The summed E-state index contributed by atoms with van der Waals surface area (Å²) in [7, 11) is 0. The molecular formula is C13H24N2O3. The van der Waals surface area contributed by atoms with E-state index >= 15 is 0 Å². The van der Waals surface area contributed by atoms with Crippen LogP contribution in [-0.4, -0.2) is 28.6 Å². The number of carbonyl (C=O) groups is 1. The van der Waals surface area contributed by atoms with Crippen LogP contribution in [0.2, 0.25) is 0 Å². The molecule has 1 fully saturated rings. The molecule has 1 rings (SSSR count). The van der Waals surface area contributed by atoms with Crippen LogP contribution in [0, 0.1) is 0 Å². The van der Waals surface area contributed by atoms with Gasteiger partial charge in [-0.2, -0.15) is 0 Å². The number of carboxylic acid groups (broad SMARTS) is 1. The number of oxime groups is 1. The predicted molar refractivity (Wildman–Crippen MR) is 70.9 cm³/mol. The smallest absolute Gasteiger partial charge is 0.405 e. The molecule has 104 valence electrons. The molecule has 0 aromatic rings. The van der Waals surface area contributed by atoms with E-state index in [9.17, 15) is 4.79 Å². The summed E-state index contributed by atoms with van der Waals surface area (Å²) in [4.78, 5) is 16.2. The van der Waals surface area contributed by atoms with Crippen molar-refractivity contribution in [3.63, 3.8) is 0 Å². The van der Waals surface area contributed by atoms with Crippen LogP contribution < -0.4 is 5.32 Å². The summed E-state index contributed by atoms with van der Waals surface area (Å²) in [5, 5.41) is 15.5.